The lowest BCUT2D eigenvalue weighted by Crippen LogP contribution is -2.29. The number of benzene rings is 1. The number of aryl methyl sites for hydroxylation is 1. The number of hydrogen-bond acceptors (Lipinski definition) is 5. The summed E-state index contributed by atoms with van der Waals surface area (Å²) in [4.78, 5) is 21.0. The topological polar surface area (TPSA) is 108 Å². The van der Waals surface area contributed by atoms with Crippen LogP contribution in [0.25, 0.3) is 11.0 Å². The fraction of sp³-hybridized carbons (Fsp3) is 0.182. The number of amides is 2. The summed E-state index contributed by atoms with van der Waals surface area (Å²) >= 11 is 0. The maximum atomic E-state index is 12.2. The number of H-pyrrole nitrogens is 1. The number of anilines is 3. The Hall–Kier alpha value is -3.94. The maximum absolute atomic E-state index is 12.2. The van der Waals surface area contributed by atoms with Gasteiger partial charge in [0.05, 0.1) is 34.8 Å². The summed E-state index contributed by atoms with van der Waals surface area (Å²) in [5.41, 5.74) is 4.37. The number of rotatable bonds is 8. The predicted molar refractivity (Wildman–Crippen MR) is 118 cm³/mol. The van der Waals surface area contributed by atoms with E-state index in [4.69, 9.17) is 0 Å². The molecule has 0 spiro atoms. The lowest BCUT2D eigenvalue weighted by molar-refractivity contribution is 0.252. The van der Waals surface area contributed by atoms with Crippen molar-refractivity contribution in [2.75, 3.05) is 17.2 Å². The van der Waals surface area contributed by atoms with Gasteiger partial charge in [0.1, 0.15) is 5.82 Å². The average molecular weight is 401 g/mol. The van der Waals surface area contributed by atoms with E-state index in [9.17, 15) is 4.79 Å². The highest BCUT2D eigenvalue weighted by Crippen LogP contribution is 2.20. The van der Waals surface area contributed by atoms with E-state index in [2.05, 4.69) is 48.2 Å². The molecule has 8 heteroatoms. The van der Waals surface area contributed by atoms with Crippen molar-refractivity contribution < 1.29 is 4.79 Å². The number of fused-ring (bicyclic) bond motifs is 1. The van der Waals surface area contributed by atoms with Crippen LogP contribution < -0.4 is 16.0 Å². The number of carbonyl (C=O) groups is 1. The molecule has 0 unspecified atom stereocenters. The summed E-state index contributed by atoms with van der Waals surface area (Å²) in [6.45, 7) is 0.618. The largest absolute Gasteiger partial charge is 0.352 e. The lowest BCUT2D eigenvalue weighted by Gasteiger charge is -2.09. The Morgan fingerprint density at radius 2 is 1.87 bits per heavy atom. The van der Waals surface area contributed by atoms with Crippen LogP contribution in [0.5, 0.6) is 0 Å². The molecule has 0 aliphatic rings. The van der Waals surface area contributed by atoms with Crippen molar-refractivity contribution in [2.45, 2.75) is 19.3 Å². The van der Waals surface area contributed by atoms with Crippen molar-refractivity contribution in [3.63, 3.8) is 0 Å². The first-order valence-corrected chi connectivity index (χ1v) is 9.88. The van der Waals surface area contributed by atoms with Gasteiger partial charge in [-0.05, 0) is 43.0 Å². The Morgan fingerprint density at radius 3 is 2.70 bits per heavy atom. The molecule has 3 aromatic heterocycles. The van der Waals surface area contributed by atoms with E-state index in [1.54, 1.807) is 24.7 Å². The number of nitrogens with one attached hydrogen (secondary N) is 4. The number of aromatic amines is 1. The first kappa shape index (κ1) is 19.4. The molecule has 0 aliphatic heterocycles. The zero-order valence-corrected chi connectivity index (χ0v) is 16.4. The van der Waals surface area contributed by atoms with Crippen LogP contribution in [-0.4, -0.2) is 32.7 Å². The van der Waals surface area contributed by atoms with Gasteiger partial charge in [0.2, 0.25) is 0 Å². The second-order valence-corrected chi connectivity index (χ2v) is 6.89. The van der Waals surface area contributed by atoms with Crippen LogP contribution in [0.3, 0.4) is 0 Å². The molecule has 0 radical (unpaired) electrons. The van der Waals surface area contributed by atoms with Gasteiger partial charge >= 0.3 is 6.03 Å². The van der Waals surface area contributed by atoms with E-state index in [1.807, 2.05) is 30.3 Å². The maximum Gasteiger partial charge on any atom is 0.320 e. The Kier molecular flexibility index (Phi) is 6.14. The van der Waals surface area contributed by atoms with Gasteiger partial charge in [-0.25, -0.2) is 9.78 Å². The van der Waals surface area contributed by atoms with E-state index >= 15 is 0 Å². The Morgan fingerprint density at radius 1 is 0.967 bits per heavy atom. The Bertz CT molecular complexity index is 1100. The second-order valence-electron chi connectivity index (χ2n) is 6.89. The van der Waals surface area contributed by atoms with E-state index in [-0.39, 0.29) is 6.03 Å². The SMILES string of the molecule is O=C(NCCCCc1ccccc1)Nc1ccc2ncc(Nc3cn[nH]c3)cc2n1. The van der Waals surface area contributed by atoms with E-state index < -0.39 is 0 Å². The molecular formula is C22H23N7O. The van der Waals surface area contributed by atoms with Crippen molar-refractivity contribution in [3.05, 3.63) is 72.7 Å². The summed E-state index contributed by atoms with van der Waals surface area (Å²) in [7, 11) is 0. The minimum absolute atomic E-state index is 0.262. The summed E-state index contributed by atoms with van der Waals surface area (Å²) in [6.07, 6.45) is 8.11. The average Bonchev–Trinajstić information content (AvgIpc) is 3.27. The number of unbranched alkanes of at least 4 members (excludes halogenated alkanes) is 1. The predicted octanol–water partition coefficient (Wildman–Crippen LogP) is 4.24. The quantitative estimate of drug-likeness (QED) is 0.330. The number of nitrogens with zero attached hydrogens (tertiary/aromatic N) is 3. The fourth-order valence-corrected chi connectivity index (χ4v) is 3.09. The Labute approximate surface area is 174 Å². The number of urea groups is 1. The Balaban J connectivity index is 1.27. The monoisotopic (exact) mass is 401 g/mol. The fourth-order valence-electron chi connectivity index (χ4n) is 3.09. The first-order valence-electron chi connectivity index (χ1n) is 9.88. The second kappa shape index (κ2) is 9.51. The van der Waals surface area contributed by atoms with Crippen molar-refractivity contribution in [3.8, 4) is 0 Å². The highest BCUT2D eigenvalue weighted by molar-refractivity contribution is 5.90. The standard InChI is InChI=1S/C22H23N7O/c30-22(23-11-5-4-8-16-6-2-1-3-7-16)29-21-10-9-19-20(28-21)12-17(13-24-19)27-18-14-25-26-15-18/h1-3,6-7,9-10,12-15,27H,4-5,8,11H2,(H,25,26)(H2,23,28,29,30). The summed E-state index contributed by atoms with van der Waals surface area (Å²) < 4.78 is 0. The van der Waals surface area contributed by atoms with E-state index in [0.29, 0.717) is 17.9 Å². The highest BCUT2D eigenvalue weighted by Gasteiger charge is 2.06. The molecule has 0 saturated carbocycles. The molecule has 4 aromatic rings. The van der Waals surface area contributed by atoms with Gasteiger partial charge in [0.15, 0.2) is 0 Å². The normalized spacial score (nSPS) is 10.7. The smallest absolute Gasteiger partial charge is 0.320 e. The van der Waals surface area contributed by atoms with Crippen LogP contribution in [0.4, 0.5) is 22.0 Å². The van der Waals surface area contributed by atoms with Crippen LogP contribution in [0, 0.1) is 0 Å². The molecule has 152 valence electrons. The van der Waals surface area contributed by atoms with Gasteiger partial charge in [-0.15, -0.1) is 0 Å². The van der Waals surface area contributed by atoms with Gasteiger partial charge in [-0.2, -0.15) is 5.10 Å². The molecule has 2 amide bonds. The van der Waals surface area contributed by atoms with E-state index in [0.717, 1.165) is 36.2 Å². The molecule has 0 saturated heterocycles. The highest BCUT2D eigenvalue weighted by atomic mass is 16.2. The molecule has 3 heterocycles. The third-order valence-corrected chi connectivity index (χ3v) is 4.59. The third kappa shape index (κ3) is 5.32. The summed E-state index contributed by atoms with van der Waals surface area (Å²) in [5.74, 6) is 0.478. The minimum atomic E-state index is -0.262. The molecule has 8 nitrogen and oxygen atoms in total. The molecule has 1 aromatic carbocycles. The number of carbonyl (C=O) groups excluding carboxylic acids is 1. The van der Waals surface area contributed by atoms with Crippen LogP contribution >= 0.6 is 0 Å². The zero-order valence-electron chi connectivity index (χ0n) is 16.4. The van der Waals surface area contributed by atoms with Gasteiger partial charge in [0.25, 0.3) is 0 Å². The summed E-state index contributed by atoms with van der Waals surface area (Å²) in [5, 5.41) is 15.5. The van der Waals surface area contributed by atoms with Crippen LogP contribution in [0.1, 0.15) is 18.4 Å². The number of pyridine rings is 2. The van der Waals surface area contributed by atoms with Crippen molar-refractivity contribution in [1.29, 1.82) is 0 Å². The van der Waals surface area contributed by atoms with Crippen molar-refractivity contribution in [1.82, 2.24) is 25.5 Å². The van der Waals surface area contributed by atoms with Crippen molar-refractivity contribution in [2.24, 2.45) is 0 Å². The third-order valence-electron chi connectivity index (χ3n) is 4.59. The summed E-state index contributed by atoms with van der Waals surface area (Å²) in [6, 6.07) is 15.5. The molecule has 0 fully saturated rings. The molecule has 4 rings (SSSR count). The van der Waals surface area contributed by atoms with Crippen LogP contribution in [0.2, 0.25) is 0 Å². The van der Waals surface area contributed by atoms with Gasteiger partial charge < -0.3 is 10.6 Å². The zero-order chi connectivity index (χ0) is 20.6. The van der Waals surface area contributed by atoms with E-state index in [1.165, 1.54) is 5.56 Å². The van der Waals surface area contributed by atoms with Crippen molar-refractivity contribution >= 4 is 34.3 Å². The molecule has 0 aliphatic carbocycles. The van der Waals surface area contributed by atoms with Gasteiger partial charge in [0, 0.05) is 12.7 Å². The molecule has 30 heavy (non-hydrogen) atoms. The number of aromatic nitrogens is 4. The van der Waals surface area contributed by atoms with Gasteiger partial charge in [-0.3, -0.25) is 15.4 Å². The first-order chi connectivity index (χ1) is 14.8. The molecule has 0 atom stereocenters. The molecule has 4 N–H and O–H groups in total. The van der Waals surface area contributed by atoms with Crippen LogP contribution in [0.15, 0.2) is 67.1 Å². The lowest BCUT2D eigenvalue weighted by atomic mass is 10.1. The molecular weight excluding hydrogens is 378 g/mol. The number of hydrogen-bond donors (Lipinski definition) is 4. The molecule has 0 bridgehead atoms. The van der Waals surface area contributed by atoms with Gasteiger partial charge in [-0.1, -0.05) is 30.3 Å². The minimum Gasteiger partial charge on any atom is -0.352 e. The van der Waals surface area contributed by atoms with Crippen LogP contribution in [-0.2, 0) is 6.42 Å².